The minimum absolute atomic E-state index is 0.0332. The second kappa shape index (κ2) is 3.87. The van der Waals surface area contributed by atoms with Gasteiger partial charge in [0, 0.05) is 16.9 Å². The lowest BCUT2D eigenvalue weighted by molar-refractivity contribution is 0.0912. The van der Waals surface area contributed by atoms with Crippen molar-refractivity contribution in [1.82, 2.24) is 0 Å². The Morgan fingerprint density at radius 3 is 2.61 bits per heavy atom. The van der Waals surface area contributed by atoms with Crippen LogP contribution < -0.4 is 5.73 Å². The lowest BCUT2D eigenvalue weighted by atomic mass is 9.73. The molecule has 0 bridgehead atoms. The normalized spacial score (nSPS) is 21.8. The van der Waals surface area contributed by atoms with Gasteiger partial charge >= 0.3 is 0 Å². The van der Waals surface area contributed by atoms with Gasteiger partial charge in [-0.05, 0) is 36.2 Å². The van der Waals surface area contributed by atoms with Gasteiger partial charge in [0.05, 0.1) is 4.88 Å². The van der Waals surface area contributed by atoms with Crippen LogP contribution in [-0.2, 0) is 6.42 Å². The Labute approximate surface area is 117 Å². The number of hydrogen-bond donors (Lipinski definition) is 1. The average molecular weight is 279 g/mol. The van der Waals surface area contributed by atoms with E-state index >= 15 is 0 Å². The molecular formula is C14H17NOS2. The lowest BCUT2D eigenvalue weighted by Gasteiger charge is -2.29. The summed E-state index contributed by atoms with van der Waals surface area (Å²) in [4.78, 5) is 15.1. The fourth-order valence-electron chi connectivity index (χ4n) is 2.86. The highest BCUT2D eigenvalue weighted by Gasteiger charge is 2.40. The van der Waals surface area contributed by atoms with E-state index in [0.717, 1.165) is 22.4 Å². The molecule has 0 saturated heterocycles. The van der Waals surface area contributed by atoms with Crippen molar-refractivity contribution in [2.24, 2.45) is 11.1 Å². The van der Waals surface area contributed by atoms with E-state index in [1.807, 2.05) is 0 Å². The molecule has 0 aliphatic heterocycles. The number of ketones is 1. The molecule has 4 heteroatoms. The number of rotatable bonds is 2. The van der Waals surface area contributed by atoms with Crippen LogP contribution in [0.15, 0.2) is 0 Å². The Bertz CT molecular complexity index is 552. The number of carbonyl (C=O) groups excluding carboxylic acids is 1. The van der Waals surface area contributed by atoms with Gasteiger partial charge in [0.1, 0.15) is 4.99 Å². The van der Waals surface area contributed by atoms with Crippen LogP contribution in [0, 0.1) is 5.41 Å². The largest absolute Gasteiger partial charge is 0.389 e. The third kappa shape index (κ3) is 1.91. The molecule has 0 unspecified atom stereocenters. The predicted molar refractivity (Wildman–Crippen MR) is 78.6 cm³/mol. The van der Waals surface area contributed by atoms with Crippen LogP contribution in [0.5, 0.6) is 0 Å². The van der Waals surface area contributed by atoms with Gasteiger partial charge in [-0.1, -0.05) is 26.1 Å². The molecule has 18 heavy (non-hydrogen) atoms. The number of thiophene rings is 1. The smallest absolute Gasteiger partial charge is 0.164 e. The third-order valence-electron chi connectivity index (χ3n) is 3.78. The molecule has 1 heterocycles. The Kier molecular flexibility index (Phi) is 2.65. The molecule has 96 valence electrons. The summed E-state index contributed by atoms with van der Waals surface area (Å²) in [5.74, 6) is 0.888. The van der Waals surface area contributed by atoms with E-state index in [2.05, 4.69) is 13.8 Å². The van der Waals surface area contributed by atoms with E-state index in [9.17, 15) is 4.79 Å². The molecule has 0 radical (unpaired) electrons. The number of nitrogens with two attached hydrogens (primary N) is 1. The molecule has 0 amide bonds. The summed E-state index contributed by atoms with van der Waals surface area (Å²) < 4.78 is 0. The minimum atomic E-state index is 0.0332. The lowest BCUT2D eigenvalue weighted by Crippen LogP contribution is -2.28. The highest BCUT2D eigenvalue weighted by atomic mass is 32.1. The maximum atomic E-state index is 12.4. The van der Waals surface area contributed by atoms with Crippen molar-refractivity contribution in [2.75, 3.05) is 0 Å². The van der Waals surface area contributed by atoms with Gasteiger partial charge in [-0.2, -0.15) is 0 Å². The molecule has 0 aromatic carbocycles. The summed E-state index contributed by atoms with van der Waals surface area (Å²) in [5, 5.41) is 0. The van der Waals surface area contributed by atoms with Crippen molar-refractivity contribution in [3.63, 3.8) is 0 Å². The number of thiocarbonyl (C=S) groups is 1. The van der Waals surface area contributed by atoms with E-state index in [0.29, 0.717) is 23.1 Å². The second-order valence-corrected chi connectivity index (χ2v) is 7.72. The van der Waals surface area contributed by atoms with Gasteiger partial charge in [-0.25, -0.2) is 0 Å². The van der Waals surface area contributed by atoms with E-state index in [-0.39, 0.29) is 5.41 Å². The molecule has 1 saturated carbocycles. The average Bonchev–Trinajstić information content (AvgIpc) is 2.98. The van der Waals surface area contributed by atoms with Gasteiger partial charge < -0.3 is 5.73 Å². The molecule has 0 spiro atoms. The topological polar surface area (TPSA) is 43.1 Å². The van der Waals surface area contributed by atoms with E-state index < -0.39 is 0 Å². The highest BCUT2D eigenvalue weighted by molar-refractivity contribution is 7.81. The van der Waals surface area contributed by atoms with Crippen LogP contribution in [0.3, 0.4) is 0 Å². The molecule has 3 rings (SSSR count). The summed E-state index contributed by atoms with van der Waals surface area (Å²) in [7, 11) is 0. The zero-order chi connectivity index (χ0) is 13.1. The molecule has 2 N–H and O–H groups in total. The first-order valence-electron chi connectivity index (χ1n) is 6.37. The van der Waals surface area contributed by atoms with Crippen molar-refractivity contribution in [3.05, 3.63) is 20.9 Å². The van der Waals surface area contributed by atoms with Crippen LogP contribution in [0.1, 0.15) is 64.7 Å². The summed E-state index contributed by atoms with van der Waals surface area (Å²) in [5.41, 5.74) is 7.98. The Hall–Kier alpha value is -0.740. The predicted octanol–water partition coefficient (Wildman–Crippen LogP) is 3.41. The molecule has 1 aromatic heterocycles. The molecule has 0 atom stereocenters. The first-order valence-corrected chi connectivity index (χ1v) is 7.60. The summed E-state index contributed by atoms with van der Waals surface area (Å²) in [6, 6.07) is 0. The van der Waals surface area contributed by atoms with Gasteiger partial charge in [0.15, 0.2) is 5.78 Å². The van der Waals surface area contributed by atoms with Gasteiger partial charge in [-0.15, -0.1) is 11.3 Å². The summed E-state index contributed by atoms with van der Waals surface area (Å²) >= 11 is 6.83. The molecule has 2 nitrogen and oxygen atoms in total. The molecule has 2 aliphatic carbocycles. The third-order valence-corrected chi connectivity index (χ3v) is 5.54. The monoisotopic (exact) mass is 279 g/mol. The fraction of sp³-hybridized carbons (Fsp3) is 0.571. The maximum absolute atomic E-state index is 12.4. The van der Waals surface area contributed by atoms with Gasteiger partial charge in [0.25, 0.3) is 0 Å². The van der Waals surface area contributed by atoms with Crippen LogP contribution >= 0.6 is 23.6 Å². The number of carbonyl (C=O) groups is 1. The Balaban J connectivity index is 2.18. The summed E-state index contributed by atoms with van der Waals surface area (Å²) in [6.45, 7) is 4.29. The van der Waals surface area contributed by atoms with Crippen LogP contribution in [0.2, 0.25) is 0 Å². The Morgan fingerprint density at radius 1 is 1.39 bits per heavy atom. The second-order valence-electron chi connectivity index (χ2n) is 6.23. The van der Waals surface area contributed by atoms with Crippen molar-refractivity contribution in [2.45, 2.75) is 45.4 Å². The number of hydrogen-bond acceptors (Lipinski definition) is 3. The van der Waals surface area contributed by atoms with E-state index in [4.69, 9.17) is 18.0 Å². The van der Waals surface area contributed by atoms with E-state index in [1.165, 1.54) is 17.7 Å². The van der Waals surface area contributed by atoms with Gasteiger partial charge in [0.2, 0.25) is 0 Å². The van der Waals surface area contributed by atoms with Crippen molar-refractivity contribution in [1.29, 1.82) is 0 Å². The molecule has 2 aliphatic rings. The van der Waals surface area contributed by atoms with Crippen molar-refractivity contribution < 1.29 is 4.79 Å². The fourth-order valence-corrected chi connectivity index (χ4v) is 4.46. The zero-order valence-electron chi connectivity index (χ0n) is 10.7. The van der Waals surface area contributed by atoms with Crippen molar-refractivity contribution in [3.8, 4) is 0 Å². The highest BCUT2D eigenvalue weighted by Crippen LogP contribution is 2.50. The number of Topliss-reactive ketones (excluding diaryl/α,β-unsaturated/α-hetero) is 1. The van der Waals surface area contributed by atoms with E-state index in [1.54, 1.807) is 11.3 Å². The zero-order valence-corrected chi connectivity index (χ0v) is 12.3. The molecule has 1 fully saturated rings. The molecular weight excluding hydrogens is 262 g/mol. The first kappa shape index (κ1) is 12.3. The quantitative estimate of drug-likeness (QED) is 0.844. The van der Waals surface area contributed by atoms with Crippen LogP contribution in [0.4, 0.5) is 0 Å². The van der Waals surface area contributed by atoms with Crippen LogP contribution in [0.25, 0.3) is 0 Å². The first-order chi connectivity index (χ1) is 8.39. The Morgan fingerprint density at radius 2 is 2.06 bits per heavy atom. The SMILES string of the molecule is CC1(C)CC(=O)c2c(C3CC3)sc(C(N)=S)c2C1. The number of fused-ring (bicyclic) bond motifs is 1. The van der Waals surface area contributed by atoms with Gasteiger partial charge in [-0.3, -0.25) is 4.79 Å². The minimum Gasteiger partial charge on any atom is -0.389 e. The van der Waals surface area contributed by atoms with Crippen LogP contribution in [-0.4, -0.2) is 10.8 Å². The van der Waals surface area contributed by atoms with Crippen molar-refractivity contribution >= 4 is 34.3 Å². The molecule has 1 aromatic rings. The maximum Gasteiger partial charge on any atom is 0.164 e. The summed E-state index contributed by atoms with van der Waals surface area (Å²) in [6.07, 6.45) is 3.98. The standard InChI is InChI=1S/C14H17NOS2/c1-14(2)5-8-10(9(16)6-14)11(7-3-4-7)18-12(8)13(15)17/h7H,3-6H2,1-2H3,(H2,15,17).